The van der Waals surface area contributed by atoms with Crippen LogP contribution in [0.1, 0.15) is 40.8 Å². The van der Waals surface area contributed by atoms with Gasteiger partial charge in [0.05, 0.1) is 6.54 Å². The van der Waals surface area contributed by atoms with E-state index in [9.17, 15) is 13.6 Å². The molecule has 4 rings (SSSR count). The van der Waals surface area contributed by atoms with Gasteiger partial charge in [0.15, 0.2) is 0 Å². The second-order valence-electron chi connectivity index (χ2n) is 6.47. The molecule has 0 radical (unpaired) electrons. The van der Waals surface area contributed by atoms with Gasteiger partial charge in [-0.1, -0.05) is 6.07 Å². The van der Waals surface area contributed by atoms with Crippen molar-refractivity contribution in [2.75, 3.05) is 19.6 Å². The summed E-state index contributed by atoms with van der Waals surface area (Å²) in [5, 5.41) is 11.8. The molecule has 0 unspecified atom stereocenters. The summed E-state index contributed by atoms with van der Waals surface area (Å²) in [7, 11) is 0. The van der Waals surface area contributed by atoms with Gasteiger partial charge in [-0.05, 0) is 25.0 Å². The molecule has 26 heavy (non-hydrogen) atoms. The van der Waals surface area contributed by atoms with Crippen molar-refractivity contribution in [3.8, 4) is 0 Å². The molecule has 1 amide bonds. The van der Waals surface area contributed by atoms with E-state index in [-0.39, 0.29) is 18.3 Å². The van der Waals surface area contributed by atoms with Gasteiger partial charge in [0, 0.05) is 32.1 Å². The van der Waals surface area contributed by atoms with E-state index < -0.39 is 23.1 Å². The second kappa shape index (κ2) is 7.67. The lowest BCUT2D eigenvalue weighted by molar-refractivity contribution is 0.0700. The summed E-state index contributed by atoms with van der Waals surface area (Å²) in [4.78, 5) is 14.0. The van der Waals surface area contributed by atoms with Crippen LogP contribution >= 0.6 is 12.4 Å². The Balaban J connectivity index is 0.00000196. The third-order valence-electron chi connectivity index (χ3n) is 4.98. The van der Waals surface area contributed by atoms with Crippen molar-refractivity contribution in [1.29, 1.82) is 0 Å². The van der Waals surface area contributed by atoms with E-state index in [1.54, 1.807) is 0 Å². The van der Waals surface area contributed by atoms with Gasteiger partial charge in [-0.25, -0.2) is 8.78 Å². The van der Waals surface area contributed by atoms with Crippen LogP contribution < -0.4 is 5.32 Å². The highest BCUT2D eigenvalue weighted by Crippen LogP contribution is 2.29. The van der Waals surface area contributed by atoms with Gasteiger partial charge in [0.1, 0.15) is 28.8 Å². The maximum atomic E-state index is 13.8. The molecule has 2 aromatic rings. The highest BCUT2D eigenvalue weighted by Gasteiger charge is 2.30. The van der Waals surface area contributed by atoms with Crippen molar-refractivity contribution in [2.24, 2.45) is 0 Å². The number of hydrogen-bond donors (Lipinski definition) is 1. The highest BCUT2D eigenvalue weighted by molar-refractivity contribution is 5.94. The second-order valence-corrected chi connectivity index (χ2v) is 6.47. The average Bonchev–Trinajstić information content (AvgIpc) is 3.06. The van der Waals surface area contributed by atoms with Crippen LogP contribution in [0, 0.1) is 11.6 Å². The van der Waals surface area contributed by atoms with Gasteiger partial charge in [-0.15, -0.1) is 22.6 Å². The van der Waals surface area contributed by atoms with Crippen molar-refractivity contribution in [3.05, 3.63) is 47.0 Å². The van der Waals surface area contributed by atoms with Crippen molar-refractivity contribution >= 4 is 18.3 Å². The Morgan fingerprint density at radius 1 is 1.12 bits per heavy atom. The fraction of sp³-hybridized carbons (Fsp3) is 0.471. The Bertz CT molecular complexity index is 784. The number of nitrogens with zero attached hydrogens (tertiary/aromatic N) is 4. The van der Waals surface area contributed by atoms with Crippen LogP contribution in [0.3, 0.4) is 0 Å². The lowest BCUT2D eigenvalue weighted by atomic mass is 9.95. The number of aromatic nitrogens is 3. The molecule has 0 saturated carbocycles. The number of likely N-dealkylation sites (tertiary alicyclic amines) is 1. The third-order valence-corrected chi connectivity index (χ3v) is 4.98. The number of carbonyl (C=O) groups excluding carboxylic acids is 1. The molecule has 9 heteroatoms. The zero-order valence-electron chi connectivity index (χ0n) is 14.1. The number of halogens is 3. The molecule has 3 heterocycles. The molecule has 1 aromatic carbocycles. The Morgan fingerprint density at radius 2 is 1.81 bits per heavy atom. The number of rotatable bonds is 2. The molecule has 2 aliphatic heterocycles. The molecule has 1 fully saturated rings. The molecule has 0 bridgehead atoms. The van der Waals surface area contributed by atoms with E-state index in [0.717, 1.165) is 43.4 Å². The first-order valence-corrected chi connectivity index (χ1v) is 8.51. The maximum Gasteiger partial charge on any atom is 0.259 e. The van der Waals surface area contributed by atoms with E-state index in [4.69, 9.17) is 0 Å². The number of fused-ring (bicyclic) bond motifs is 1. The summed E-state index contributed by atoms with van der Waals surface area (Å²) in [6.45, 7) is 3.37. The van der Waals surface area contributed by atoms with E-state index in [2.05, 4.69) is 20.1 Å². The van der Waals surface area contributed by atoms with Gasteiger partial charge in [-0.2, -0.15) is 0 Å². The molecule has 2 aliphatic rings. The predicted molar refractivity (Wildman–Crippen MR) is 93.2 cm³/mol. The Morgan fingerprint density at radius 3 is 2.50 bits per heavy atom. The Labute approximate surface area is 156 Å². The lowest BCUT2D eigenvalue weighted by Gasteiger charge is -2.32. The summed E-state index contributed by atoms with van der Waals surface area (Å²) in [6, 6.07) is 3.48. The molecule has 1 aromatic heterocycles. The van der Waals surface area contributed by atoms with Crippen molar-refractivity contribution in [2.45, 2.75) is 31.8 Å². The normalized spacial score (nSPS) is 17.5. The van der Waals surface area contributed by atoms with Crippen LogP contribution in [0.25, 0.3) is 0 Å². The first-order chi connectivity index (χ1) is 12.1. The summed E-state index contributed by atoms with van der Waals surface area (Å²) in [5.74, 6) is -0.0958. The summed E-state index contributed by atoms with van der Waals surface area (Å²) < 4.78 is 29.8. The SMILES string of the molecule is Cl.O=C(c1c(F)cccc1F)N1CCC(c2nnc3n2CCNC3)CC1. The van der Waals surface area contributed by atoms with Crippen molar-refractivity contribution in [1.82, 2.24) is 25.0 Å². The fourth-order valence-corrected chi connectivity index (χ4v) is 3.62. The fourth-order valence-electron chi connectivity index (χ4n) is 3.62. The number of piperidine rings is 1. The first-order valence-electron chi connectivity index (χ1n) is 8.51. The highest BCUT2D eigenvalue weighted by atomic mass is 35.5. The van der Waals surface area contributed by atoms with E-state index in [1.807, 2.05) is 0 Å². The molecule has 6 nitrogen and oxygen atoms in total. The minimum atomic E-state index is -0.814. The predicted octanol–water partition coefficient (Wildman–Crippen LogP) is 2.10. The number of nitrogens with one attached hydrogen (secondary N) is 1. The molecule has 140 valence electrons. The summed E-state index contributed by atoms with van der Waals surface area (Å²) >= 11 is 0. The van der Waals surface area contributed by atoms with Crippen molar-refractivity contribution in [3.63, 3.8) is 0 Å². The quantitative estimate of drug-likeness (QED) is 0.862. The van der Waals surface area contributed by atoms with E-state index in [0.29, 0.717) is 25.9 Å². The molecule has 1 N–H and O–H groups in total. The molecule has 0 aliphatic carbocycles. The van der Waals surface area contributed by atoms with E-state index in [1.165, 1.54) is 11.0 Å². The Hall–Kier alpha value is -2.06. The summed E-state index contributed by atoms with van der Waals surface area (Å²) in [5.41, 5.74) is -0.466. The van der Waals surface area contributed by atoms with Crippen LogP contribution in [-0.4, -0.2) is 45.2 Å². The van der Waals surface area contributed by atoms with Crippen LogP contribution in [0.15, 0.2) is 18.2 Å². The molecular weight excluding hydrogens is 364 g/mol. The van der Waals surface area contributed by atoms with Gasteiger partial charge in [0.25, 0.3) is 5.91 Å². The summed E-state index contributed by atoms with van der Waals surface area (Å²) in [6.07, 6.45) is 1.43. The average molecular weight is 384 g/mol. The standard InChI is InChI=1S/C17H19F2N5O.ClH/c18-12-2-1-3-13(19)15(12)17(25)23-7-4-11(5-8-23)16-22-21-14-10-20-6-9-24(14)16;/h1-3,11,20H,4-10H2;1H. The monoisotopic (exact) mass is 383 g/mol. The molecular formula is C17H20ClF2N5O. The van der Waals surface area contributed by atoms with Crippen LogP contribution in [0.2, 0.25) is 0 Å². The van der Waals surface area contributed by atoms with E-state index >= 15 is 0 Å². The zero-order valence-corrected chi connectivity index (χ0v) is 14.9. The number of carbonyl (C=O) groups is 1. The number of hydrogen-bond acceptors (Lipinski definition) is 4. The molecule has 0 spiro atoms. The maximum absolute atomic E-state index is 13.8. The van der Waals surface area contributed by atoms with Gasteiger partial charge in [-0.3, -0.25) is 4.79 Å². The van der Waals surface area contributed by atoms with Crippen LogP contribution in [-0.2, 0) is 13.1 Å². The van der Waals surface area contributed by atoms with Crippen LogP contribution in [0.5, 0.6) is 0 Å². The lowest BCUT2D eigenvalue weighted by Crippen LogP contribution is -2.39. The van der Waals surface area contributed by atoms with Gasteiger partial charge in [0.2, 0.25) is 0 Å². The zero-order chi connectivity index (χ0) is 17.4. The van der Waals surface area contributed by atoms with Crippen molar-refractivity contribution < 1.29 is 13.6 Å². The number of amides is 1. The third kappa shape index (κ3) is 3.31. The minimum absolute atomic E-state index is 0. The largest absolute Gasteiger partial charge is 0.338 e. The molecule has 0 atom stereocenters. The minimum Gasteiger partial charge on any atom is -0.338 e. The first kappa shape index (κ1) is 18.7. The molecule has 1 saturated heterocycles. The Kier molecular flexibility index (Phi) is 5.52. The smallest absolute Gasteiger partial charge is 0.259 e. The van der Waals surface area contributed by atoms with Gasteiger partial charge < -0.3 is 14.8 Å². The van der Waals surface area contributed by atoms with Gasteiger partial charge >= 0.3 is 0 Å². The topological polar surface area (TPSA) is 63.1 Å². The van der Waals surface area contributed by atoms with Crippen LogP contribution in [0.4, 0.5) is 8.78 Å². The number of benzene rings is 1.